The average Bonchev–Trinajstić information content (AvgIpc) is 2.64. The summed E-state index contributed by atoms with van der Waals surface area (Å²) >= 11 is 1.55. The fraction of sp³-hybridized carbons (Fsp3) is 0.529. The molecule has 1 aromatic carbocycles. The van der Waals surface area contributed by atoms with E-state index in [-0.39, 0.29) is 11.6 Å². The second-order valence-corrected chi connectivity index (χ2v) is 6.93. The first kappa shape index (κ1) is 20.2. The fourth-order valence-electron chi connectivity index (χ4n) is 2.76. The molecule has 0 spiro atoms. The number of nitrogens with one attached hydrogen (secondary N) is 1. The molecule has 1 aliphatic rings. The van der Waals surface area contributed by atoms with Gasteiger partial charge in [-0.25, -0.2) is 10.0 Å². The molecule has 1 unspecified atom stereocenters. The number of hydrogen-bond acceptors (Lipinski definition) is 5. The summed E-state index contributed by atoms with van der Waals surface area (Å²) in [5, 5.41) is 14.9. The number of hydrazine groups is 1. The van der Waals surface area contributed by atoms with Crippen molar-refractivity contribution >= 4 is 23.4 Å². The van der Waals surface area contributed by atoms with Crippen molar-refractivity contribution < 1.29 is 18.0 Å². The van der Waals surface area contributed by atoms with E-state index in [9.17, 15) is 23.2 Å². The number of benzene rings is 1. The van der Waals surface area contributed by atoms with Gasteiger partial charge in [0.15, 0.2) is 6.19 Å². The van der Waals surface area contributed by atoms with E-state index in [4.69, 9.17) is 0 Å². The van der Waals surface area contributed by atoms with Crippen molar-refractivity contribution in [3.05, 3.63) is 29.8 Å². The maximum Gasteiger partial charge on any atom is 0.416 e. The zero-order valence-corrected chi connectivity index (χ0v) is 15.2. The van der Waals surface area contributed by atoms with Gasteiger partial charge in [0.25, 0.3) is 5.91 Å². The van der Waals surface area contributed by atoms with Gasteiger partial charge in [0.1, 0.15) is 6.04 Å². The Bertz CT molecular complexity index is 662. The number of nitrogens with zero attached hydrogens (tertiary/aromatic N) is 3. The van der Waals surface area contributed by atoms with Crippen LogP contribution >= 0.6 is 11.8 Å². The highest BCUT2D eigenvalue weighted by molar-refractivity contribution is 7.98. The van der Waals surface area contributed by atoms with Crippen LogP contribution in [0, 0.1) is 11.5 Å². The van der Waals surface area contributed by atoms with Gasteiger partial charge in [-0.3, -0.25) is 4.79 Å². The van der Waals surface area contributed by atoms with E-state index in [2.05, 4.69) is 5.32 Å². The molecule has 1 heterocycles. The minimum Gasteiger partial charge on any atom is -0.374 e. The van der Waals surface area contributed by atoms with E-state index >= 15 is 0 Å². The first-order chi connectivity index (χ1) is 12.4. The van der Waals surface area contributed by atoms with Crippen molar-refractivity contribution in [3.8, 4) is 6.19 Å². The SMILES string of the molecule is CSCCC(Nc1cccc(C(F)(F)F)c1)C(=O)N1CCCCN1C#N. The molecule has 1 atom stereocenters. The Balaban J connectivity index is 2.19. The maximum absolute atomic E-state index is 12.9. The molecule has 1 aromatic rings. The standard InChI is InChI=1S/C17H21F3N4OS/c1-26-10-7-15(16(25)24-9-3-2-8-23(24)12-21)22-14-6-4-5-13(11-14)17(18,19)20/h4-6,11,15,22H,2-3,7-10H2,1H3. The summed E-state index contributed by atoms with van der Waals surface area (Å²) in [4.78, 5) is 12.9. The summed E-state index contributed by atoms with van der Waals surface area (Å²) in [5.41, 5.74) is -0.532. The minimum absolute atomic E-state index is 0.236. The number of hydrogen-bond donors (Lipinski definition) is 1. The van der Waals surface area contributed by atoms with Gasteiger partial charge in [-0.05, 0) is 49.5 Å². The summed E-state index contributed by atoms with van der Waals surface area (Å²) < 4.78 is 38.7. The van der Waals surface area contributed by atoms with Crippen molar-refractivity contribution in [1.82, 2.24) is 10.0 Å². The van der Waals surface area contributed by atoms with Crippen molar-refractivity contribution in [2.24, 2.45) is 0 Å². The maximum atomic E-state index is 12.9. The second-order valence-electron chi connectivity index (χ2n) is 5.95. The van der Waals surface area contributed by atoms with Gasteiger partial charge in [-0.1, -0.05) is 6.07 Å². The van der Waals surface area contributed by atoms with Crippen molar-refractivity contribution in [1.29, 1.82) is 5.26 Å². The lowest BCUT2D eigenvalue weighted by Gasteiger charge is -2.37. The van der Waals surface area contributed by atoms with Gasteiger partial charge in [-0.15, -0.1) is 0 Å². The molecule has 0 bridgehead atoms. The number of rotatable bonds is 6. The van der Waals surface area contributed by atoms with Crippen molar-refractivity contribution in [3.63, 3.8) is 0 Å². The van der Waals surface area contributed by atoms with Gasteiger partial charge in [-0.2, -0.15) is 30.2 Å². The smallest absolute Gasteiger partial charge is 0.374 e. The molecule has 0 aromatic heterocycles. The van der Waals surface area contributed by atoms with Crippen LogP contribution in [-0.4, -0.2) is 47.1 Å². The zero-order chi connectivity index (χ0) is 19.2. The van der Waals surface area contributed by atoms with Crippen LogP contribution in [-0.2, 0) is 11.0 Å². The highest BCUT2D eigenvalue weighted by atomic mass is 32.2. The lowest BCUT2D eigenvalue weighted by Crippen LogP contribution is -2.53. The molecule has 1 saturated heterocycles. The third kappa shape index (κ3) is 5.21. The number of alkyl halides is 3. The van der Waals surface area contributed by atoms with Crippen molar-refractivity contribution in [2.75, 3.05) is 30.4 Å². The van der Waals surface area contributed by atoms with E-state index in [1.165, 1.54) is 22.2 Å². The Kier molecular flexibility index (Phi) is 7.03. The third-order valence-corrected chi connectivity index (χ3v) is 4.73. The fourth-order valence-corrected chi connectivity index (χ4v) is 3.23. The van der Waals surface area contributed by atoms with Gasteiger partial charge in [0, 0.05) is 12.2 Å². The number of nitriles is 1. The molecular weight excluding hydrogens is 365 g/mol. The third-order valence-electron chi connectivity index (χ3n) is 4.09. The van der Waals surface area contributed by atoms with E-state index in [0.29, 0.717) is 25.3 Å². The van der Waals surface area contributed by atoms with Crippen LogP contribution in [0.4, 0.5) is 18.9 Å². The molecule has 142 valence electrons. The largest absolute Gasteiger partial charge is 0.416 e. The first-order valence-electron chi connectivity index (χ1n) is 8.28. The monoisotopic (exact) mass is 386 g/mol. The summed E-state index contributed by atoms with van der Waals surface area (Å²) in [6.45, 7) is 0.910. The Labute approximate surface area is 155 Å². The molecule has 1 fully saturated rings. The highest BCUT2D eigenvalue weighted by Gasteiger charge is 2.32. The molecule has 0 radical (unpaired) electrons. The normalized spacial score (nSPS) is 16.1. The van der Waals surface area contributed by atoms with E-state index in [0.717, 1.165) is 25.0 Å². The summed E-state index contributed by atoms with van der Waals surface area (Å²) in [5.74, 6) is 0.376. The molecule has 0 saturated carbocycles. The van der Waals surface area contributed by atoms with Crippen LogP contribution in [0.1, 0.15) is 24.8 Å². The number of amides is 1. The Hall–Kier alpha value is -2.08. The number of thioether (sulfide) groups is 1. The topological polar surface area (TPSA) is 59.4 Å². The molecule has 26 heavy (non-hydrogen) atoms. The average molecular weight is 386 g/mol. The molecule has 2 rings (SSSR count). The summed E-state index contributed by atoms with van der Waals surface area (Å²) in [6, 6.07) is 4.11. The van der Waals surface area contributed by atoms with Crippen LogP contribution in [0.15, 0.2) is 24.3 Å². The predicted octanol–water partition coefficient (Wildman–Crippen LogP) is 3.56. The highest BCUT2D eigenvalue weighted by Crippen LogP contribution is 2.31. The number of anilines is 1. The number of carbonyl (C=O) groups excluding carboxylic acids is 1. The second kappa shape index (κ2) is 9.03. The summed E-state index contributed by atoms with van der Waals surface area (Å²) in [6.07, 6.45) is 1.52. The summed E-state index contributed by atoms with van der Waals surface area (Å²) in [7, 11) is 0. The Morgan fingerprint density at radius 2 is 2.12 bits per heavy atom. The number of halogens is 3. The molecule has 1 amide bonds. The molecule has 0 aliphatic carbocycles. The molecule has 9 heteroatoms. The van der Waals surface area contributed by atoms with Crippen LogP contribution in [0.25, 0.3) is 0 Å². The van der Waals surface area contributed by atoms with E-state index < -0.39 is 17.8 Å². The molecule has 1 aliphatic heterocycles. The lowest BCUT2D eigenvalue weighted by molar-refractivity contribution is -0.147. The first-order valence-corrected chi connectivity index (χ1v) is 9.67. The van der Waals surface area contributed by atoms with E-state index in [1.54, 1.807) is 11.8 Å². The predicted molar refractivity (Wildman–Crippen MR) is 95.1 cm³/mol. The van der Waals surface area contributed by atoms with Crippen LogP contribution in [0.3, 0.4) is 0 Å². The lowest BCUT2D eigenvalue weighted by atomic mass is 10.1. The van der Waals surface area contributed by atoms with Crippen molar-refractivity contribution in [2.45, 2.75) is 31.5 Å². The quantitative estimate of drug-likeness (QED) is 0.758. The van der Waals surface area contributed by atoms with Crippen LogP contribution in [0.2, 0.25) is 0 Å². The Morgan fingerprint density at radius 1 is 1.38 bits per heavy atom. The Morgan fingerprint density at radius 3 is 2.77 bits per heavy atom. The molecule has 1 N–H and O–H groups in total. The minimum atomic E-state index is -4.44. The molecular formula is C17H21F3N4OS. The van der Waals surface area contributed by atoms with Gasteiger partial charge in [0.2, 0.25) is 0 Å². The molecule has 5 nitrogen and oxygen atoms in total. The van der Waals surface area contributed by atoms with Crippen LogP contribution in [0.5, 0.6) is 0 Å². The van der Waals surface area contributed by atoms with Gasteiger partial charge >= 0.3 is 6.18 Å². The van der Waals surface area contributed by atoms with E-state index in [1.807, 2.05) is 12.4 Å². The van der Waals surface area contributed by atoms with Crippen LogP contribution < -0.4 is 5.32 Å². The van der Waals surface area contributed by atoms with Gasteiger partial charge in [0.05, 0.1) is 12.1 Å². The van der Waals surface area contributed by atoms with Gasteiger partial charge < -0.3 is 5.32 Å². The zero-order valence-electron chi connectivity index (χ0n) is 14.4. The number of carbonyl (C=O) groups is 1.